The van der Waals surface area contributed by atoms with Gasteiger partial charge in [0.2, 0.25) is 5.91 Å². The van der Waals surface area contributed by atoms with Gasteiger partial charge in [-0.05, 0) is 45.2 Å². The van der Waals surface area contributed by atoms with E-state index in [0.29, 0.717) is 19.5 Å². The second-order valence-electron chi connectivity index (χ2n) is 8.01. The average molecular weight is 362 g/mol. The first kappa shape index (κ1) is 17.8. The smallest absolute Gasteiger partial charge is 0.270 e. The lowest BCUT2D eigenvalue weighted by molar-refractivity contribution is -0.138. The van der Waals surface area contributed by atoms with Crippen molar-refractivity contribution in [3.8, 4) is 0 Å². The number of amides is 1. The number of aliphatic hydroxyl groups is 1. The fraction of sp³-hybridized carbons (Fsp3) is 0.789. The van der Waals surface area contributed by atoms with E-state index in [2.05, 4.69) is 10.00 Å². The summed E-state index contributed by atoms with van der Waals surface area (Å²) < 4.78 is 1.46. The molecule has 1 saturated heterocycles. The predicted octanol–water partition coefficient (Wildman–Crippen LogP) is 0.708. The Kier molecular flexibility index (Phi) is 5.18. The summed E-state index contributed by atoms with van der Waals surface area (Å²) in [6, 6.07) is 0.750. The van der Waals surface area contributed by atoms with Crippen molar-refractivity contribution >= 4 is 5.91 Å². The van der Waals surface area contributed by atoms with Gasteiger partial charge in [-0.3, -0.25) is 19.4 Å². The number of fused-ring (bicyclic) bond motifs is 1. The highest BCUT2D eigenvalue weighted by Crippen LogP contribution is 2.29. The van der Waals surface area contributed by atoms with Crippen LogP contribution in [0.15, 0.2) is 4.79 Å². The van der Waals surface area contributed by atoms with Gasteiger partial charge in [-0.2, -0.15) is 0 Å². The quantitative estimate of drug-likeness (QED) is 0.826. The Labute approximate surface area is 153 Å². The Morgan fingerprint density at radius 2 is 1.85 bits per heavy atom. The number of likely N-dealkylation sites (tertiary alicyclic amines) is 1. The van der Waals surface area contributed by atoms with Crippen molar-refractivity contribution in [3.05, 3.63) is 21.6 Å². The van der Waals surface area contributed by atoms with Gasteiger partial charge in [0.05, 0.1) is 25.4 Å². The zero-order valence-electron chi connectivity index (χ0n) is 15.5. The van der Waals surface area contributed by atoms with Crippen molar-refractivity contribution in [2.45, 2.75) is 64.1 Å². The van der Waals surface area contributed by atoms with Gasteiger partial charge in [0.25, 0.3) is 5.56 Å². The number of carbonyl (C=O) groups excluding carboxylic acids is 1. The molecule has 1 aromatic heterocycles. The van der Waals surface area contributed by atoms with Crippen molar-refractivity contribution in [1.29, 1.82) is 0 Å². The molecule has 1 aromatic rings. The van der Waals surface area contributed by atoms with E-state index in [0.717, 1.165) is 43.2 Å². The number of nitrogens with one attached hydrogen (secondary N) is 1. The highest BCUT2D eigenvalue weighted by atomic mass is 16.3. The van der Waals surface area contributed by atoms with Crippen LogP contribution in [-0.2, 0) is 24.3 Å². The standard InChI is InChI=1S/C19H30N4O3/c24-12-11-23-19(26)16-7-10-22(13-17(16)20-23)18(25)14-5-8-21(9-6-14)15-3-1-2-4-15/h14-15,20,24H,1-13H2. The summed E-state index contributed by atoms with van der Waals surface area (Å²) in [5, 5.41) is 12.1. The molecule has 144 valence electrons. The van der Waals surface area contributed by atoms with Crippen LogP contribution in [-0.4, -0.2) is 62.9 Å². The molecular formula is C19H30N4O3. The number of hydrogen-bond acceptors (Lipinski definition) is 4. The second-order valence-corrected chi connectivity index (χ2v) is 8.01. The maximum atomic E-state index is 13.0. The third kappa shape index (κ3) is 3.34. The Balaban J connectivity index is 1.36. The number of aromatic amines is 1. The number of aliphatic hydroxyl groups excluding tert-OH is 1. The predicted molar refractivity (Wildman–Crippen MR) is 97.8 cm³/mol. The molecule has 2 N–H and O–H groups in total. The van der Waals surface area contributed by atoms with Gasteiger partial charge < -0.3 is 14.9 Å². The first-order valence-electron chi connectivity index (χ1n) is 10.1. The van der Waals surface area contributed by atoms with Crippen molar-refractivity contribution in [2.75, 3.05) is 26.2 Å². The van der Waals surface area contributed by atoms with Gasteiger partial charge in [0, 0.05) is 24.1 Å². The number of piperidine rings is 1. The molecule has 0 bridgehead atoms. The molecular weight excluding hydrogens is 332 g/mol. The van der Waals surface area contributed by atoms with Crippen molar-refractivity contribution in [1.82, 2.24) is 19.6 Å². The van der Waals surface area contributed by atoms with Gasteiger partial charge >= 0.3 is 0 Å². The molecule has 0 unspecified atom stereocenters. The van der Waals surface area contributed by atoms with Crippen LogP contribution >= 0.6 is 0 Å². The molecule has 0 radical (unpaired) electrons. The van der Waals surface area contributed by atoms with E-state index >= 15 is 0 Å². The summed E-state index contributed by atoms with van der Waals surface area (Å²) in [6.07, 6.45) is 7.89. The zero-order valence-corrected chi connectivity index (χ0v) is 15.5. The third-order valence-electron chi connectivity index (χ3n) is 6.47. The molecule has 3 aliphatic rings. The van der Waals surface area contributed by atoms with Gasteiger partial charge in [-0.15, -0.1) is 0 Å². The highest BCUT2D eigenvalue weighted by Gasteiger charge is 2.34. The van der Waals surface area contributed by atoms with Crippen LogP contribution in [0.3, 0.4) is 0 Å². The van der Waals surface area contributed by atoms with Crippen LogP contribution in [0.25, 0.3) is 0 Å². The lowest BCUT2D eigenvalue weighted by Gasteiger charge is -2.37. The molecule has 1 saturated carbocycles. The Bertz CT molecular complexity index is 696. The minimum Gasteiger partial charge on any atom is -0.394 e. The number of nitrogens with zero attached hydrogens (tertiary/aromatic N) is 3. The largest absolute Gasteiger partial charge is 0.394 e. The molecule has 4 rings (SSSR count). The normalized spacial score (nSPS) is 22.7. The molecule has 0 spiro atoms. The maximum Gasteiger partial charge on any atom is 0.270 e. The average Bonchev–Trinajstić information content (AvgIpc) is 3.30. The SMILES string of the molecule is O=C(C1CCN(C2CCCC2)CC1)N1CCc2c([nH]n(CCO)c2=O)C1. The molecule has 0 atom stereocenters. The van der Waals surface area contributed by atoms with E-state index in [4.69, 9.17) is 5.11 Å². The number of H-pyrrole nitrogens is 1. The fourth-order valence-corrected chi connectivity index (χ4v) is 4.96. The Hall–Kier alpha value is -1.60. The minimum atomic E-state index is -0.0679. The fourth-order valence-electron chi connectivity index (χ4n) is 4.96. The van der Waals surface area contributed by atoms with Crippen molar-refractivity contribution in [2.24, 2.45) is 5.92 Å². The van der Waals surface area contributed by atoms with E-state index in [1.807, 2.05) is 4.90 Å². The molecule has 3 heterocycles. The Morgan fingerprint density at radius 3 is 2.54 bits per heavy atom. The molecule has 1 aliphatic carbocycles. The highest BCUT2D eigenvalue weighted by molar-refractivity contribution is 5.79. The lowest BCUT2D eigenvalue weighted by atomic mass is 9.93. The number of hydrogen-bond donors (Lipinski definition) is 2. The molecule has 26 heavy (non-hydrogen) atoms. The maximum absolute atomic E-state index is 13.0. The molecule has 7 heteroatoms. The first-order chi connectivity index (χ1) is 12.7. The molecule has 2 aliphatic heterocycles. The van der Waals surface area contributed by atoms with Gasteiger partial charge in [-0.25, -0.2) is 0 Å². The summed E-state index contributed by atoms with van der Waals surface area (Å²) in [7, 11) is 0. The molecule has 1 amide bonds. The van der Waals surface area contributed by atoms with Crippen molar-refractivity contribution in [3.63, 3.8) is 0 Å². The number of carbonyl (C=O) groups is 1. The van der Waals surface area contributed by atoms with Crippen LogP contribution in [0.4, 0.5) is 0 Å². The van der Waals surface area contributed by atoms with Gasteiger partial charge in [-0.1, -0.05) is 12.8 Å². The zero-order chi connectivity index (χ0) is 18.1. The van der Waals surface area contributed by atoms with Crippen LogP contribution in [0.2, 0.25) is 0 Å². The molecule has 0 aromatic carbocycles. The third-order valence-corrected chi connectivity index (χ3v) is 6.47. The first-order valence-corrected chi connectivity index (χ1v) is 10.1. The monoisotopic (exact) mass is 362 g/mol. The summed E-state index contributed by atoms with van der Waals surface area (Å²) in [4.78, 5) is 29.7. The van der Waals surface area contributed by atoms with E-state index in [9.17, 15) is 9.59 Å². The van der Waals surface area contributed by atoms with E-state index in [-0.39, 0.29) is 30.5 Å². The Morgan fingerprint density at radius 1 is 1.12 bits per heavy atom. The summed E-state index contributed by atoms with van der Waals surface area (Å²) >= 11 is 0. The van der Waals surface area contributed by atoms with Crippen molar-refractivity contribution < 1.29 is 9.90 Å². The van der Waals surface area contributed by atoms with Gasteiger partial charge in [0.1, 0.15) is 0 Å². The van der Waals surface area contributed by atoms with E-state index < -0.39 is 0 Å². The van der Waals surface area contributed by atoms with Crippen LogP contribution in [0.1, 0.15) is 49.8 Å². The second kappa shape index (κ2) is 7.56. The topological polar surface area (TPSA) is 81.6 Å². The van der Waals surface area contributed by atoms with Crippen LogP contribution in [0.5, 0.6) is 0 Å². The molecule has 2 fully saturated rings. The lowest BCUT2D eigenvalue weighted by Crippen LogP contribution is -2.46. The summed E-state index contributed by atoms with van der Waals surface area (Å²) in [6.45, 7) is 3.42. The van der Waals surface area contributed by atoms with Crippen LogP contribution < -0.4 is 5.56 Å². The molecule has 7 nitrogen and oxygen atoms in total. The number of rotatable bonds is 4. The van der Waals surface area contributed by atoms with Gasteiger partial charge in [0.15, 0.2) is 0 Å². The summed E-state index contributed by atoms with van der Waals surface area (Å²) in [5.74, 6) is 0.373. The van der Waals surface area contributed by atoms with E-state index in [1.54, 1.807) is 0 Å². The van der Waals surface area contributed by atoms with Crippen LogP contribution in [0, 0.1) is 5.92 Å². The number of aromatic nitrogens is 2. The minimum absolute atomic E-state index is 0.0500. The summed E-state index contributed by atoms with van der Waals surface area (Å²) in [5.41, 5.74) is 1.57. The van der Waals surface area contributed by atoms with E-state index in [1.165, 1.54) is 30.4 Å².